The molecule has 5 rings (SSSR count). The van der Waals surface area contributed by atoms with E-state index in [-0.39, 0.29) is 12.7 Å². The van der Waals surface area contributed by atoms with Crippen LogP contribution in [0.1, 0.15) is 29.0 Å². The quantitative estimate of drug-likeness (QED) is 0.653. The van der Waals surface area contributed by atoms with Crippen LogP contribution >= 0.6 is 0 Å². The zero-order chi connectivity index (χ0) is 21.4. The molecule has 31 heavy (non-hydrogen) atoms. The van der Waals surface area contributed by atoms with E-state index in [1.807, 2.05) is 67.6 Å². The van der Waals surface area contributed by atoms with Crippen molar-refractivity contribution in [1.82, 2.24) is 0 Å². The Morgan fingerprint density at radius 1 is 1.06 bits per heavy atom. The highest BCUT2D eigenvalue weighted by molar-refractivity contribution is 6.12. The summed E-state index contributed by atoms with van der Waals surface area (Å²) in [5, 5.41) is 3.50. The average Bonchev–Trinajstić information content (AvgIpc) is 3.27. The van der Waals surface area contributed by atoms with Crippen molar-refractivity contribution in [2.75, 3.05) is 30.7 Å². The Kier molecular flexibility index (Phi) is 4.78. The Balaban J connectivity index is 1.67. The summed E-state index contributed by atoms with van der Waals surface area (Å²) in [7, 11) is 1.60. The molecule has 1 amide bonds. The van der Waals surface area contributed by atoms with E-state index in [1.54, 1.807) is 12.0 Å². The van der Waals surface area contributed by atoms with Crippen molar-refractivity contribution in [3.8, 4) is 23.0 Å². The highest BCUT2D eigenvalue weighted by Gasteiger charge is 2.36. The van der Waals surface area contributed by atoms with Gasteiger partial charge in [0.05, 0.1) is 25.0 Å². The number of hydrogen-bond donors (Lipinski definition) is 1. The van der Waals surface area contributed by atoms with Gasteiger partial charge in [0, 0.05) is 17.3 Å². The Morgan fingerprint density at radius 2 is 1.90 bits per heavy atom. The molecular formula is C24H22N2O5. The first-order chi connectivity index (χ1) is 15.2. The third-order valence-electron chi connectivity index (χ3n) is 5.37. The first-order valence-corrected chi connectivity index (χ1v) is 10.1. The predicted molar refractivity (Wildman–Crippen MR) is 116 cm³/mol. The number of nitrogens with one attached hydrogen (secondary N) is 1. The van der Waals surface area contributed by atoms with E-state index in [0.29, 0.717) is 40.9 Å². The molecule has 7 heteroatoms. The average molecular weight is 418 g/mol. The van der Waals surface area contributed by atoms with Gasteiger partial charge in [-0.2, -0.15) is 0 Å². The highest BCUT2D eigenvalue weighted by atomic mass is 16.7. The van der Waals surface area contributed by atoms with Crippen LogP contribution in [0.25, 0.3) is 0 Å². The van der Waals surface area contributed by atoms with E-state index in [4.69, 9.17) is 18.9 Å². The number of para-hydroxylation sites is 2. The number of fused-ring (bicyclic) bond motifs is 2. The minimum atomic E-state index is -0.516. The monoisotopic (exact) mass is 418 g/mol. The molecule has 0 aliphatic carbocycles. The maximum absolute atomic E-state index is 13.7. The molecule has 2 heterocycles. The van der Waals surface area contributed by atoms with Gasteiger partial charge in [-0.15, -0.1) is 0 Å². The topological polar surface area (TPSA) is 69.3 Å². The molecule has 1 atom stereocenters. The molecule has 0 spiro atoms. The number of anilines is 2. The minimum absolute atomic E-state index is 0.123. The molecule has 3 aromatic rings. The normalized spacial score (nSPS) is 16.5. The maximum Gasteiger partial charge on any atom is 0.262 e. The number of ether oxygens (including phenoxy) is 4. The van der Waals surface area contributed by atoms with E-state index in [1.165, 1.54) is 0 Å². The summed E-state index contributed by atoms with van der Waals surface area (Å²) in [4.78, 5) is 15.4. The second-order valence-corrected chi connectivity index (χ2v) is 7.12. The van der Waals surface area contributed by atoms with Crippen LogP contribution in [0, 0.1) is 0 Å². The first-order valence-electron chi connectivity index (χ1n) is 10.1. The second-order valence-electron chi connectivity index (χ2n) is 7.12. The zero-order valence-electron chi connectivity index (χ0n) is 17.3. The number of benzene rings is 3. The molecule has 0 saturated carbocycles. The van der Waals surface area contributed by atoms with Gasteiger partial charge in [0.15, 0.2) is 23.0 Å². The Hall–Kier alpha value is -3.87. The molecule has 1 N–H and O–H groups in total. The fraction of sp³-hybridized carbons (Fsp3) is 0.208. The number of rotatable bonds is 5. The fourth-order valence-corrected chi connectivity index (χ4v) is 4.01. The first kappa shape index (κ1) is 19.1. The lowest BCUT2D eigenvalue weighted by Gasteiger charge is -2.38. The molecule has 0 bridgehead atoms. The summed E-state index contributed by atoms with van der Waals surface area (Å²) < 4.78 is 22.5. The molecular weight excluding hydrogens is 396 g/mol. The number of carbonyl (C=O) groups is 1. The van der Waals surface area contributed by atoms with Crippen molar-refractivity contribution in [3.05, 3.63) is 71.8 Å². The predicted octanol–water partition coefficient (Wildman–Crippen LogP) is 4.59. The van der Waals surface area contributed by atoms with E-state index in [2.05, 4.69) is 5.32 Å². The molecule has 0 aromatic heterocycles. The minimum Gasteiger partial charge on any atom is -0.492 e. The number of hydrogen-bond acceptors (Lipinski definition) is 6. The van der Waals surface area contributed by atoms with Crippen LogP contribution in [-0.2, 0) is 0 Å². The molecule has 2 aliphatic rings. The number of carbonyl (C=O) groups excluding carboxylic acids is 1. The van der Waals surface area contributed by atoms with Gasteiger partial charge in [0.2, 0.25) is 6.79 Å². The van der Waals surface area contributed by atoms with Crippen molar-refractivity contribution in [2.24, 2.45) is 0 Å². The third-order valence-corrected chi connectivity index (χ3v) is 5.37. The SMILES string of the molecule is CCOc1cccc(C2Nc3ccccc3C(=O)N2c2ccc3c(c2)OCO3)c1OC. The lowest BCUT2D eigenvalue weighted by atomic mass is 10.0. The summed E-state index contributed by atoms with van der Waals surface area (Å²) in [6.07, 6.45) is -0.516. The fourth-order valence-electron chi connectivity index (χ4n) is 4.01. The van der Waals surface area contributed by atoms with Crippen LogP contribution in [0.2, 0.25) is 0 Å². The number of amides is 1. The van der Waals surface area contributed by atoms with Crippen LogP contribution in [0.3, 0.4) is 0 Å². The van der Waals surface area contributed by atoms with Crippen molar-refractivity contribution in [2.45, 2.75) is 13.1 Å². The summed E-state index contributed by atoms with van der Waals surface area (Å²) in [6, 6.07) is 18.6. The van der Waals surface area contributed by atoms with Crippen LogP contribution in [0.15, 0.2) is 60.7 Å². The number of nitrogens with zero attached hydrogens (tertiary/aromatic N) is 1. The Morgan fingerprint density at radius 3 is 2.74 bits per heavy atom. The van der Waals surface area contributed by atoms with Gasteiger partial charge in [-0.05, 0) is 37.3 Å². The largest absolute Gasteiger partial charge is 0.492 e. The van der Waals surface area contributed by atoms with Crippen LogP contribution < -0.4 is 29.2 Å². The van der Waals surface area contributed by atoms with Gasteiger partial charge in [0.25, 0.3) is 5.91 Å². The van der Waals surface area contributed by atoms with Crippen molar-refractivity contribution >= 4 is 17.3 Å². The van der Waals surface area contributed by atoms with Crippen LogP contribution in [0.4, 0.5) is 11.4 Å². The van der Waals surface area contributed by atoms with Gasteiger partial charge in [-0.1, -0.05) is 24.3 Å². The molecule has 0 saturated heterocycles. The van der Waals surface area contributed by atoms with Crippen molar-refractivity contribution in [1.29, 1.82) is 0 Å². The van der Waals surface area contributed by atoms with Gasteiger partial charge < -0.3 is 24.3 Å². The standard InChI is InChI=1S/C24H22N2O5/c1-3-29-20-10-6-8-17(22(20)28-2)23-25-18-9-5-4-7-16(18)24(27)26(23)15-11-12-19-21(13-15)31-14-30-19/h4-13,23,25H,3,14H2,1-2H3. The smallest absolute Gasteiger partial charge is 0.262 e. The third kappa shape index (κ3) is 3.18. The molecule has 0 fully saturated rings. The van der Waals surface area contributed by atoms with Crippen molar-refractivity contribution in [3.63, 3.8) is 0 Å². The van der Waals surface area contributed by atoms with Gasteiger partial charge >= 0.3 is 0 Å². The van der Waals surface area contributed by atoms with E-state index in [9.17, 15) is 4.79 Å². The molecule has 7 nitrogen and oxygen atoms in total. The van der Waals surface area contributed by atoms with Crippen LogP contribution in [0.5, 0.6) is 23.0 Å². The van der Waals surface area contributed by atoms with E-state index < -0.39 is 6.17 Å². The second kappa shape index (κ2) is 7.75. The lowest BCUT2D eigenvalue weighted by molar-refractivity contribution is 0.0974. The Bertz CT molecular complexity index is 1150. The summed E-state index contributed by atoms with van der Waals surface area (Å²) >= 11 is 0. The molecule has 3 aromatic carbocycles. The van der Waals surface area contributed by atoms with Gasteiger partial charge in [-0.3, -0.25) is 9.69 Å². The van der Waals surface area contributed by atoms with Gasteiger partial charge in [0.1, 0.15) is 6.17 Å². The van der Waals surface area contributed by atoms with E-state index in [0.717, 1.165) is 11.3 Å². The highest BCUT2D eigenvalue weighted by Crippen LogP contribution is 2.44. The maximum atomic E-state index is 13.7. The summed E-state index contributed by atoms with van der Waals surface area (Å²) in [5.74, 6) is 2.36. The molecule has 2 aliphatic heterocycles. The summed E-state index contributed by atoms with van der Waals surface area (Å²) in [5.41, 5.74) is 2.83. The molecule has 0 radical (unpaired) electrons. The Labute approximate surface area is 180 Å². The molecule has 1 unspecified atom stereocenters. The van der Waals surface area contributed by atoms with Crippen LogP contribution in [-0.4, -0.2) is 26.4 Å². The lowest BCUT2D eigenvalue weighted by Crippen LogP contribution is -2.43. The van der Waals surface area contributed by atoms with Crippen molar-refractivity contribution < 1.29 is 23.7 Å². The number of methoxy groups -OCH3 is 1. The zero-order valence-corrected chi connectivity index (χ0v) is 17.3. The van der Waals surface area contributed by atoms with E-state index >= 15 is 0 Å². The molecule has 158 valence electrons. The summed E-state index contributed by atoms with van der Waals surface area (Å²) in [6.45, 7) is 2.59. The van der Waals surface area contributed by atoms with Gasteiger partial charge in [-0.25, -0.2) is 0 Å².